The molecule has 5 aliphatic rings. The number of ketones is 1. The topological polar surface area (TPSA) is 26.3 Å². The summed E-state index contributed by atoms with van der Waals surface area (Å²) in [5, 5.41) is 0. The molecule has 0 radical (unpaired) electrons. The van der Waals surface area contributed by atoms with Crippen LogP contribution in [-0.4, -0.2) is 20.9 Å². The Kier molecular flexibility index (Phi) is 2.16. The van der Waals surface area contributed by atoms with Crippen molar-refractivity contribution in [1.82, 2.24) is 0 Å². The molecule has 2 aliphatic heterocycles. The van der Waals surface area contributed by atoms with Crippen LogP contribution in [0.15, 0.2) is 0 Å². The van der Waals surface area contributed by atoms with Crippen LogP contribution in [0.5, 0.6) is 0 Å². The second-order valence-electron chi connectivity index (χ2n) is 6.69. The molecule has 2 heterocycles. The molecule has 0 amide bonds. The average molecular weight is 346 g/mol. The van der Waals surface area contributed by atoms with Crippen molar-refractivity contribution in [3.05, 3.63) is 0 Å². The summed E-state index contributed by atoms with van der Waals surface area (Å²) in [6.07, 6.45) is 6.95. The summed E-state index contributed by atoms with van der Waals surface area (Å²) in [7, 11) is 0. The largest absolute Gasteiger partial charge is 0.366 e. The summed E-state index contributed by atoms with van der Waals surface area (Å²) in [5.41, 5.74) is -0.197. The Labute approximate surface area is 116 Å². The van der Waals surface area contributed by atoms with Crippen LogP contribution in [0.2, 0.25) is 0 Å². The molecule has 2 saturated heterocycles. The van der Waals surface area contributed by atoms with Crippen molar-refractivity contribution >= 4 is 28.4 Å². The Morgan fingerprint density at radius 3 is 3.06 bits per heavy atom. The molecule has 5 rings (SSSR count). The SMILES string of the molecule is CC12OC34CCCCC3[C@H](C[C@H]1I)[C@H]2C(=O)C4. The molecule has 3 unspecified atom stereocenters. The van der Waals surface area contributed by atoms with Gasteiger partial charge in [-0.1, -0.05) is 35.4 Å². The lowest BCUT2D eigenvalue weighted by Crippen LogP contribution is -2.67. The lowest BCUT2D eigenvalue weighted by molar-refractivity contribution is -0.263. The van der Waals surface area contributed by atoms with E-state index in [4.69, 9.17) is 4.74 Å². The van der Waals surface area contributed by atoms with Crippen molar-refractivity contribution < 1.29 is 9.53 Å². The number of alkyl halides is 1. The summed E-state index contributed by atoms with van der Waals surface area (Å²) in [5.74, 6) is 2.06. The van der Waals surface area contributed by atoms with E-state index >= 15 is 0 Å². The van der Waals surface area contributed by atoms with Gasteiger partial charge in [-0.05, 0) is 38.0 Å². The van der Waals surface area contributed by atoms with Crippen LogP contribution in [0.4, 0.5) is 0 Å². The lowest BCUT2D eigenvalue weighted by atomic mass is 9.55. The molecule has 6 atom stereocenters. The number of ether oxygens (including phenoxy) is 1. The van der Waals surface area contributed by atoms with Crippen molar-refractivity contribution in [1.29, 1.82) is 0 Å². The Morgan fingerprint density at radius 1 is 1.41 bits per heavy atom. The third-order valence-corrected chi connectivity index (χ3v) is 7.69. The quantitative estimate of drug-likeness (QED) is 0.498. The maximum absolute atomic E-state index is 12.4. The van der Waals surface area contributed by atoms with E-state index in [9.17, 15) is 4.79 Å². The maximum atomic E-state index is 12.4. The minimum Gasteiger partial charge on any atom is -0.366 e. The minimum absolute atomic E-state index is 0.0522. The van der Waals surface area contributed by atoms with Gasteiger partial charge in [0.05, 0.1) is 17.1 Å². The van der Waals surface area contributed by atoms with E-state index in [1.165, 1.54) is 25.7 Å². The summed E-state index contributed by atoms with van der Waals surface area (Å²) < 4.78 is 7.14. The van der Waals surface area contributed by atoms with Gasteiger partial charge in [-0.2, -0.15) is 0 Å². The third-order valence-electron chi connectivity index (χ3n) is 5.95. The molecule has 4 bridgehead atoms. The zero-order valence-electron chi connectivity index (χ0n) is 10.2. The number of hydrogen-bond donors (Lipinski definition) is 0. The molecule has 3 aliphatic carbocycles. The van der Waals surface area contributed by atoms with Crippen LogP contribution in [0, 0.1) is 17.8 Å². The second kappa shape index (κ2) is 3.27. The molecule has 0 aromatic carbocycles. The van der Waals surface area contributed by atoms with Gasteiger partial charge in [0.15, 0.2) is 0 Å². The predicted molar refractivity (Wildman–Crippen MR) is 73.2 cm³/mol. The van der Waals surface area contributed by atoms with Crippen molar-refractivity contribution in [3.63, 3.8) is 0 Å². The van der Waals surface area contributed by atoms with Crippen molar-refractivity contribution in [3.8, 4) is 0 Å². The highest BCUT2D eigenvalue weighted by atomic mass is 127. The fraction of sp³-hybridized carbons (Fsp3) is 0.929. The normalized spacial score (nSPS) is 60.5. The maximum Gasteiger partial charge on any atom is 0.142 e. The number of carbonyl (C=O) groups is 1. The van der Waals surface area contributed by atoms with Crippen molar-refractivity contribution in [2.24, 2.45) is 17.8 Å². The van der Waals surface area contributed by atoms with Crippen LogP contribution >= 0.6 is 22.6 Å². The number of rotatable bonds is 0. The zero-order chi connectivity index (χ0) is 11.8. The third kappa shape index (κ3) is 1.18. The summed E-state index contributed by atoms with van der Waals surface area (Å²) in [6, 6.07) is 0. The first-order valence-corrected chi connectivity index (χ1v) is 8.18. The smallest absolute Gasteiger partial charge is 0.142 e. The lowest BCUT2D eigenvalue weighted by Gasteiger charge is -2.60. The molecule has 0 aromatic rings. The standard InChI is InChI=1S/C14H19IO2/c1-13-11(15)6-8-9-4-2-3-5-14(9,17-13)7-10(16)12(8)13/h8-9,11-12H,2-7H2,1H3/t8-,9?,11+,12-,13?,14?/m0/s1. The predicted octanol–water partition coefficient (Wildman–Crippen LogP) is 3.12. The Hall–Kier alpha value is 0.360. The van der Waals surface area contributed by atoms with Gasteiger partial charge >= 0.3 is 0 Å². The summed E-state index contributed by atoms with van der Waals surface area (Å²) in [6.45, 7) is 2.21. The van der Waals surface area contributed by atoms with E-state index in [0.717, 1.165) is 12.8 Å². The second-order valence-corrected chi connectivity index (χ2v) is 8.19. The van der Waals surface area contributed by atoms with Crippen LogP contribution in [0.1, 0.15) is 45.4 Å². The van der Waals surface area contributed by atoms with Gasteiger partial charge in [0, 0.05) is 10.3 Å². The van der Waals surface area contributed by atoms with E-state index in [2.05, 4.69) is 29.5 Å². The molecule has 1 spiro atoms. The van der Waals surface area contributed by atoms with Gasteiger partial charge in [0.25, 0.3) is 0 Å². The van der Waals surface area contributed by atoms with E-state index in [1.54, 1.807) is 0 Å². The van der Waals surface area contributed by atoms with Crippen LogP contribution in [-0.2, 0) is 9.53 Å². The summed E-state index contributed by atoms with van der Waals surface area (Å²) in [4.78, 5) is 12.4. The molecule has 94 valence electrons. The number of fused-ring (bicyclic) bond motifs is 1. The Morgan fingerprint density at radius 2 is 2.24 bits per heavy atom. The molecule has 5 fully saturated rings. The zero-order valence-corrected chi connectivity index (χ0v) is 12.4. The molecule has 3 heteroatoms. The van der Waals surface area contributed by atoms with Gasteiger partial charge in [-0.25, -0.2) is 0 Å². The number of hydrogen-bond acceptors (Lipinski definition) is 2. The highest BCUT2D eigenvalue weighted by molar-refractivity contribution is 14.1. The summed E-state index contributed by atoms with van der Waals surface area (Å²) >= 11 is 2.53. The molecule has 0 N–H and O–H groups in total. The minimum atomic E-state index is -0.144. The van der Waals surface area contributed by atoms with Crippen LogP contribution < -0.4 is 0 Å². The van der Waals surface area contributed by atoms with E-state index < -0.39 is 0 Å². The van der Waals surface area contributed by atoms with Gasteiger partial charge < -0.3 is 4.74 Å². The van der Waals surface area contributed by atoms with E-state index in [-0.39, 0.29) is 17.1 Å². The van der Waals surface area contributed by atoms with Crippen LogP contribution in [0.25, 0.3) is 0 Å². The van der Waals surface area contributed by atoms with E-state index in [0.29, 0.717) is 21.5 Å². The van der Waals surface area contributed by atoms with Gasteiger partial charge in [0.2, 0.25) is 0 Å². The average Bonchev–Trinajstić information content (AvgIpc) is 2.47. The first kappa shape index (κ1) is 11.2. The molecule has 3 saturated carbocycles. The van der Waals surface area contributed by atoms with Crippen molar-refractivity contribution in [2.45, 2.75) is 60.6 Å². The Bertz CT molecular complexity index is 396. The Balaban J connectivity index is 1.86. The number of Topliss-reactive ketones (excluding diaryl/α,β-unsaturated/α-hetero) is 1. The number of carbonyl (C=O) groups excluding carboxylic acids is 1. The first-order valence-electron chi connectivity index (χ1n) is 6.94. The van der Waals surface area contributed by atoms with Gasteiger partial charge in [-0.15, -0.1) is 0 Å². The highest BCUT2D eigenvalue weighted by Gasteiger charge is 2.71. The van der Waals surface area contributed by atoms with E-state index in [1.807, 2.05) is 0 Å². The fourth-order valence-electron chi connectivity index (χ4n) is 5.38. The van der Waals surface area contributed by atoms with Crippen molar-refractivity contribution in [2.75, 3.05) is 0 Å². The molecule has 0 aromatic heterocycles. The van der Waals surface area contributed by atoms with Crippen LogP contribution in [0.3, 0.4) is 0 Å². The fourth-order valence-corrected chi connectivity index (χ4v) is 6.48. The molecular formula is C14H19IO2. The van der Waals surface area contributed by atoms with Gasteiger partial charge in [0.1, 0.15) is 5.78 Å². The monoisotopic (exact) mass is 346 g/mol. The number of halogens is 1. The molecule has 2 nitrogen and oxygen atoms in total. The first-order chi connectivity index (χ1) is 8.07. The highest BCUT2D eigenvalue weighted by Crippen LogP contribution is 2.66. The molecular weight excluding hydrogens is 327 g/mol. The van der Waals surface area contributed by atoms with Gasteiger partial charge in [-0.3, -0.25) is 4.79 Å². The molecule has 17 heavy (non-hydrogen) atoms.